The lowest BCUT2D eigenvalue weighted by atomic mass is 9.96. The average Bonchev–Trinajstić information content (AvgIpc) is 2.84. The second-order valence-electron chi connectivity index (χ2n) is 8.19. The monoisotopic (exact) mass is 434 g/mol. The SMILES string of the molecule is Cc1ccc(-c2cc(C)ccc2C(=O)Nc2ccc(C(=O)CCc3ccccn3)cc2)cc1. The molecule has 0 unspecified atom stereocenters. The van der Waals surface area contributed by atoms with Crippen LogP contribution in [0.5, 0.6) is 0 Å². The largest absolute Gasteiger partial charge is 0.322 e. The van der Waals surface area contributed by atoms with Crippen molar-refractivity contribution in [3.63, 3.8) is 0 Å². The molecule has 1 aromatic heterocycles. The minimum Gasteiger partial charge on any atom is -0.322 e. The zero-order valence-electron chi connectivity index (χ0n) is 18.8. The highest BCUT2D eigenvalue weighted by atomic mass is 16.1. The molecule has 0 aliphatic rings. The lowest BCUT2D eigenvalue weighted by Crippen LogP contribution is -2.13. The van der Waals surface area contributed by atoms with E-state index < -0.39 is 0 Å². The van der Waals surface area contributed by atoms with Crippen LogP contribution in [0.2, 0.25) is 0 Å². The van der Waals surface area contributed by atoms with Crippen LogP contribution in [-0.2, 0) is 6.42 Å². The molecular formula is C29H26N2O2. The maximum absolute atomic E-state index is 13.1. The first-order valence-electron chi connectivity index (χ1n) is 11.0. The molecule has 0 aliphatic heterocycles. The van der Waals surface area contributed by atoms with E-state index in [0.717, 1.165) is 22.4 Å². The van der Waals surface area contributed by atoms with Crippen LogP contribution in [0, 0.1) is 13.8 Å². The summed E-state index contributed by atoms with van der Waals surface area (Å²) in [6.07, 6.45) is 2.73. The predicted molar refractivity (Wildman–Crippen MR) is 133 cm³/mol. The number of hydrogen-bond acceptors (Lipinski definition) is 3. The van der Waals surface area contributed by atoms with Gasteiger partial charge >= 0.3 is 0 Å². The van der Waals surface area contributed by atoms with Gasteiger partial charge in [-0.3, -0.25) is 14.6 Å². The van der Waals surface area contributed by atoms with Crippen LogP contribution in [0.15, 0.2) is 91.1 Å². The van der Waals surface area contributed by atoms with E-state index in [0.29, 0.717) is 29.7 Å². The van der Waals surface area contributed by atoms with E-state index in [2.05, 4.69) is 10.3 Å². The highest BCUT2D eigenvalue weighted by molar-refractivity contribution is 6.09. The Balaban J connectivity index is 1.46. The number of pyridine rings is 1. The Kier molecular flexibility index (Phi) is 6.75. The van der Waals surface area contributed by atoms with E-state index in [1.807, 2.05) is 74.5 Å². The van der Waals surface area contributed by atoms with Gasteiger partial charge in [-0.25, -0.2) is 0 Å². The number of anilines is 1. The predicted octanol–water partition coefficient (Wildman–Crippen LogP) is 6.43. The highest BCUT2D eigenvalue weighted by Gasteiger charge is 2.14. The molecule has 0 spiro atoms. The number of carbonyl (C=O) groups excluding carboxylic acids is 2. The van der Waals surface area contributed by atoms with Gasteiger partial charge in [-0.2, -0.15) is 0 Å². The summed E-state index contributed by atoms with van der Waals surface area (Å²) < 4.78 is 0. The normalized spacial score (nSPS) is 10.6. The quantitative estimate of drug-likeness (QED) is 0.341. The Morgan fingerprint density at radius 1 is 0.818 bits per heavy atom. The van der Waals surface area contributed by atoms with Crippen molar-refractivity contribution < 1.29 is 9.59 Å². The third-order valence-corrected chi connectivity index (χ3v) is 5.58. The molecule has 0 atom stereocenters. The summed E-state index contributed by atoms with van der Waals surface area (Å²) in [6, 6.07) is 26.7. The van der Waals surface area contributed by atoms with E-state index in [-0.39, 0.29) is 11.7 Å². The molecule has 3 aromatic carbocycles. The van der Waals surface area contributed by atoms with Gasteiger partial charge in [-0.1, -0.05) is 53.6 Å². The fourth-order valence-electron chi connectivity index (χ4n) is 3.70. The Morgan fingerprint density at radius 2 is 1.55 bits per heavy atom. The number of aromatic nitrogens is 1. The number of carbonyl (C=O) groups is 2. The number of Topliss-reactive ketones (excluding diaryl/α,β-unsaturated/α-hetero) is 1. The topological polar surface area (TPSA) is 59.1 Å². The number of rotatable bonds is 7. The van der Waals surface area contributed by atoms with E-state index in [1.54, 1.807) is 30.5 Å². The lowest BCUT2D eigenvalue weighted by molar-refractivity contribution is 0.0981. The lowest BCUT2D eigenvalue weighted by Gasteiger charge is -2.12. The van der Waals surface area contributed by atoms with Crippen molar-refractivity contribution in [1.29, 1.82) is 0 Å². The van der Waals surface area contributed by atoms with Crippen molar-refractivity contribution in [1.82, 2.24) is 4.98 Å². The summed E-state index contributed by atoms with van der Waals surface area (Å²) in [7, 11) is 0. The number of aryl methyl sites for hydroxylation is 3. The van der Waals surface area contributed by atoms with Gasteiger partial charge in [0, 0.05) is 35.1 Å². The molecule has 1 amide bonds. The van der Waals surface area contributed by atoms with Gasteiger partial charge < -0.3 is 5.32 Å². The standard InChI is InChI=1S/C29H26N2O2/c1-20-6-9-22(10-7-20)27-19-21(2)8-16-26(27)29(33)31-25-13-11-23(12-14-25)28(32)17-15-24-5-3-4-18-30-24/h3-14,16,18-19H,15,17H2,1-2H3,(H,31,33). The van der Waals surface area contributed by atoms with Crippen LogP contribution in [0.4, 0.5) is 5.69 Å². The van der Waals surface area contributed by atoms with E-state index in [4.69, 9.17) is 0 Å². The maximum atomic E-state index is 13.1. The van der Waals surface area contributed by atoms with E-state index in [9.17, 15) is 9.59 Å². The number of benzene rings is 3. The second kappa shape index (κ2) is 10.0. The number of nitrogens with zero attached hydrogens (tertiary/aromatic N) is 1. The number of ketones is 1. The zero-order chi connectivity index (χ0) is 23.2. The van der Waals surface area contributed by atoms with Crippen LogP contribution >= 0.6 is 0 Å². The van der Waals surface area contributed by atoms with Crippen molar-refractivity contribution in [2.45, 2.75) is 26.7 Å². The van der Waals surface area contributed by atoms with Gasteiger partial charge in [0.1, 0.15) is 0 Å². The number of amides is 1. The molecule has 4 aromatic rings. The van der Waals surface area contributed by atoms with E-state index >= 15 is 0 Å². The molecular weight excluding hydrogens is 408 g/mol. The van der Waals surface area contributed by atoms with Crippen molar-refractivity contribution in [2.75, 3.05) is 5.32 Å². The second-order valence-corrected chi connectivity index (χ2v) is 8.19. The van der Waals surface area contributed by atoms with E-state index in [1.165, 1.54) is 5.56 Å². The minimum absolute atomic E-state index is 0.0544. The molecule has 4 nitrogen and oxygen atoms in total. The van der Waals surface area contributed by atoms with Crippen LogP contribution < -0.4 is 5.32 Å². The van der Waals surface area contributed by atoms with Gasteiger partial charge in [0.2, 0.25) is 0 Å². The molecule has 4 rings (SSSR count). The molecule has 0 fully saturated rings. The minimum atomic E-state index is -0.181. The summed E-state index contributed by atoms with van der Waals surface area (Å²) in [5.74, 6) is -0.126. The third-order valence-electron chi connectivity index (χ3n) is 5.58. The van der Waals surface area contributed by atoms with Gasteiger partial charge in [0.15, 0.2) is 5.78 Å². The Morgan fingerprint density at radius 3 is 2.24 bits per heavy atom. The maximum Gasteiger partial charge on any atom is 0.256 e. The molecule has 1 heterocycles. The molecule has 33 heavy (non-hydrogen) atoms. The molecule has 1 N–H and O–H groups in total. The summed E-state index contributed by atoms with van der Waals surface area (Å²) in [5.41, 5.74) is 6.95. The summed E-state index contributed by atoms with van der Waals surface area (Å²) >= 11 is 0. The van der Waals surface area contributed by atoms with Crippen molar-refractivity contribution >= 4 is 17.4 Å². The third kappa shape index (κ3) is 5.60. The van der Waals surface area contributed by atoms with Crippen LogP contribution in [0.3, 0.4) is 0 Å². The fraction of sp³-hybridized carbons (Fsp3) is 0.138. The molecule has 0 radical (unpaired) electrons. The van der Waals surface area contributed by atoms with Crippen molar-refractivity contribution in [2.24, 2.45) is 0 Å². The van der Waals surface area contributed by atoms with Crippen molar-refractivity contribution in [3.05, 3.63) is 119 Å². The fourth-order valence-corrected chi connectivity index (χ4v) is 3.70. The van der Waals surface area contributed by atoms with Crippen molar-refractivity contribution in [3.8, 4) is 11.1 Å². The first-order chi connectivity index (χ1) is 16.0. The molecule has 4 heteroatoms. The summed E-state index contributed by atoms with van der Waals surface area (Å²) in [5, 5.41) is 2.96. The first kappa shape index (κ1) is 22.2. The van der Waals surface area contributed by atoms with Crippen LogP contribution in [0.1, 0.15) is 44.0 Å². The first-order valence-corrected chi connectivity index (χ1v) is 11.0. The average molecular weight is 435 g/mol. The summed E-state index contributed by atoms with van der Waals surface area (Å²) in [4.78, 5) is 29.9. The molecule has 0 saturated heterocycles. The molecule has 164 valence electrons. The molecule has 0 bridgehead atoms. The number of nitrogens with one attached hydrogen (secondary N) is 1. The van der Waals surface area contributed by atoms with Gasteiger partial charge in [0.05, 0.1) is 0 Å². The van der Waals surface area contributed by atoms with Crippen LogP contribution in [0.25, 0.3) is 11.1 Å². The summed E-state index contributed by atoms with van der Waals surface area (Å²) in [6.45, 7) is 4.06. The highest BCUT2D eigenvalue weighted by Crippen LogP contribution is 2.26. The Hall–Kier alpha value is -4.05. The van der Waals surface area contributed by atoms with Gasteiger partial charge in [-0.15, -0.1) is 0 Å². The Bertz CT molecular complexity index is 1260. The molecule has 0 aliphatic carbocycles. The number of hydrogen-bond donors (Lipinski definition) is 1. The Labute approximate surface area is 194 Å². The smallest absolute Gasteiger partial charge is 0.256 e. The zero-order valence-corrected chi connectivity index (χ0v) is 18.8. The van der Waals surface area contributed by atoms with Gasteiger partial charge in [0.25, 0.3) is 5.91 Å². The van der Waals surface area contributed by atoms with Gasteiger partial charge in [-0.05, 0) is 73.9 Å². The van der Waals surface area contributed by atoms with Crippen LogP contribution in [-0.4, -0.2) is 16.7 Å². The molecule has 0 saturated carbocycles.